The lowest BCUT2D eigenvalue weighted by Crippen LogP contribution is -2.23. The summed E-state index contributed by atoms with van der Waals surface area (Å²) in [6.07, 6.45) is 0. The number of benzene rings is 3. The topological polar surface area (TPSA) is 90.3 Å². The number of ether oxygens (including phenoxy) is 2. The molecule has 0 saturated heterocycles. The predicted octanol–water partition coefficient (Wildman–Crippen LogP) is 5.89. The summed E-state index contributed by atoms with van der Waals surface area (Å²) < 4.78 is 13.6. The summed E-state index contributed by atoms with van der Waals surface area (Å²) in [5.74, 6) is 0.711. The number of para-hydroxylation sites is 3. The van der Waals surface area contributed by atoms with Crippen molar-refractivity contribution in [1.82, 2.24) is 9.13 Å². The highest BCUT2D eigenvalue weighted by Gasteiger charge is 2.21. The van der Waals surface area contributed by atoms with E-state index < -0.39 is 11.4 Å². The van der Waals surface area contributed by atoms with E-state index in [2.05, 4.69) is 10.2 Å². The van der Waals surface area contributed by atoms with Crippen LogP contribution in [0.2, 0.25) is 0 Å². The van der Waals surface area contributed by atoms with Gasteiger partial charge in [-0.2, -0.15) is 5.11 Å². The molecule has 0 bridgehead atoms. The zero-order valence-corrected chi connectivity index (χ0v) is 19.4. The highest BCUT2D eigenvalue weighted by Crippen LogP contribution is 2.32. The van der Waals surface area contributed by atoms with Gasteiger partial charge in [0.05, 0.1) is 30.8 Å². The van der Waals surface area contributed by atoms with Crippen molar-refractivity contribution in [2.45, 2.75) is 6.92 Å². The van der Waals surface area contributed by atoms with Crippen LogP contribution < -0.4 is 15.0 Å². The molecule has 4 rings (SSSR count). The van der Waals surface area contributed by atoms with Gasteiger partial charge in [0.15, 0.2) is 4.77 Å². The van der Waals surface area contributed by atoms with Gasteiger partial charge in [-0.25, -0.2) is 0 Å². The second-order valence-corrected chi connectivity index (χ2v) is 7.43. The van der Waals surface area contributed by atoms with E-state index in [9.17, 15) is 9.90 Å². The maximum Gasteiger partial charge on any atom is 0.290 e. The third kappa shape index (κ3) is 4.46. The lowest BCUT2D eigenvalue weighted by molar-refractivity contribution is 0.340. The van der Waals surface area contributed by atoms with Crippen molar-refractivity contribution >= 4 is 23.6 Å². The van der Waals surface area contributed by atoms with Crippen LogP contribution in [0.4, 0.5) is 11.4 Å². The van der Waals surface area contributed by atoms with Gasteiger partial charge in [-0.05, 0) is 67.7 Å². The highest BCUT2D eigenvalue weighted by atomic mass is 32.1. The van der Waals surface area contributed by atoms with Crippen LogP contribution in [-0.2, 0) is 0 Å². The van der Waals surface area contributed by atoms with Crippen LogP contribution in [0.15, 0.2) is 93.9 Å². The first-order valence-corrected chi connectivity index (χ1v) is 10.9. The van der Waals surface area contributed by atoms with Gasteiger partial charge in [-0.1, -0.05) is 30.3 Å². The Morgan fingerprint density at radius 1 is 0.912 bits per heavy atom. The second kappa shape index (κ2) is 10.1. The summed E-state index contributed by atoms with van der Waals surface area (Å²) in [6.45, 7) is 2.44. The molecule has 0 aliphatic carbocycles. The van der Waals surface area contributed by atoms with Crippen molar-refractivity contribution in [3.8, 4) is 28.8 Å². The molecule has 0 spiro atoms. The Kier molecular flexibility index (Phi) is 6.84. The van der Waals surface area contributed by atoms with E-state index in [4.69, 9.17) is 21.7 Å². The first kappa shape index (κ1) is 22.9. The summed E-state index contributed by atoms with van der Waals surface area (Å²) in [7, 11) is 1.51. The molecule has 0 radical (unpaired) electrons. The Morgan fingerprint density at radius 2 is 1.59 bits per heavy atom. The fraction of sp³-hybridized carbons (Fsp3) is 0.120. The van der Waals surface area contributed by atoms with Gasteiger partial charge in [0, 0.05) is 0 Å². The number of azo groups is 1. The number of hydrogen-bond acceptors (Lipinski definition) is 7. The number of aromatic nitrogens is 2. The molecule has 1 aromatic heterocycles. The maximum atomic E-state index is 13.4. The van der Waals surface area contributed by atoms with Crippen LogP contribution >= 0.6 is 12.2 Å². The Bertz CT molecular complexity index is 1440. The Hall–Kier alpha value is -4.24. The third-order valence-electron chi connectivity index (χ3n) is 4.97. The van der Waals surface area contributed by atoms with E-state index >= 15 is 0 Å². The highest BCUT2D eigenvalue weighted by molar-refractivity contribution is 7.71. The molecule has 0 unspecified atom stereocenters. The normalized spacial score (nSPS) is 11.0. The zero-order chi connectivity index (χ0) is 24.1. The predicted molar refractivity (Wildman–Crippen MR) is 132 cm³/mol. The Balaban J connectivity index is 1.94. The average Bonchev–Trinajstić information content (AvgIpc) is 2.86. The standard InChI is InChI=1S/C25H22N4O4S/c1-3-33-19-15-13-17(14-16-19)26-27-22-23(30)28(18-9-5-4-6-10-18)25(34)29(24(22)31)20-11-7-8-12-21(20)32-2/h4-16,31H,3H2,1-2H3. The van der Waals surface area contributed by atoms with E-state index in [1.165, 1.54) is 16.2 Å². The van der Waals surface area contributed by atoms with Gasteiger partial charge >= 0.3 is 0 Å². The minimum absolute atomic E-state index is 0.0539. The van der Waals surface area contributed by atoms with Gasteiger partial charge in [-0.3, -0.25) is 13.9 Å². The molecular formula is C25H22N4O4S. The first-order valence-electron chi connectivity index (χ1n) is 10.5. The minimum Gasteiger partial charge on any atom is -0.495 e. The summed E-state index contributed by atoms with van der Waals surface area (Å²) in [5.41, 5.74) is 0.597. The van der Waals surface area contributed by atoms with Crippen LogP contribution in [0.25, 0.3) is 11.4 Å². The molecule has 0 aliphatic rings. The Morgan fingerprint density at radius 3 is 2.26 bits per heavy atom. The lowest BCUT2D eigenvalue weighted by atomic mass is 10.2. The molecule has 3 aromatic carbocycles. The number of rotatable bonds is 7. The van der Waals surface area contributed by atoms with E-state index in [0.717, 1.165) is 0 Å². The summed E-state index contributed by atoms with van der Waals surface area (Å²) in [6, 6.07) is 22.8. The van der Waals surface area contributed by atoms with Crippen molar-refractivity contribution in [2.24, 2.45) is 10.2 Å². The van der Waals surface area contributed by atoms with Crippen LogP contribution in [0.5, 0.6) is 17.4 Å². The number of methoxy groups -OCH3 is 1. The monoisotopic (exact) mass is 474 g/mol. The fourth-order valence-electron chi connectivity index (χ4n) is 3.39. The van der Waals surface area contributed by atoms with Gasteiger partial charge < -0.3 is 14.6 Å². The molecular weight excluding hydrogens is 452 g/mol. The zero-order valence-electron chi connectivity index (χ0n) is 18.6. The molecule has 0 atom stereocenters. The molecule has 172 valence electrons. The maximum absolute atomic E-state index is 13.4. The number of nitrogens with zero attached hydrogens (tertiary/aromatic N) is 4. The van der Waals surface area contributed by atoms with Crippen LogP contribution in [0.1, 0.15) is 6.92 Å². The smallest absolute Gasteiger partial charge is 0.290 e. The molecule has 0 aliphatic heterocycles. The average molecular weight is 475 g/mol. The van der Waals surface area contributed by atoms with Crippen LogP contribution in [0.3, 0.4) is 0 Å². The van der Waals surface area contributed by atoms with E-state index in [1.807, 2.05) is 13.0 Å². The largest absolute Gasteiger partial charge is 0.495 e. The summed E-state index contributed by atoms with van der Waals surface area (Å²) in [5, 5.41) is 19.4. The minimum atomic E-state index is -0.602. The molecule has 0 fully saturated rings. The second-order valence-electron chi connectivity index (χ2n) is 7.07. The van der Waals surface area contributed by atoms with Gasteiger partial charge in [0.2, 0.25) is 11.6 Å². The van der Waals surface area contributed by atoms with E-state index in [1.54, 1.807) is 72.8 Å². The van der Waals surface area contributed by atoms with E-state index in [-0.39, 0.29) is 10.5 Å². The molecule has 1 heterocycles. The molecule has 0 amide bonds. The molecule has 0 saturated carbocycles. The lowest BCUT2D eigenvalue weighted by Gasteiger charge is -2.17. The van der Waals surface area contributed by atoms with Crippen molar-refractivity contribution < 1.29 is 14.6 Å². The van der Waals surface area contributed by atoms with Crippen molar-refractivity contribution in [2.75, 3.05) is 13.7 Å². The van der Waals surface area contributed by atoms with Gasteiger partial charge in [0.1, 0.15) is 11.5 Å². The van der Waals surface area contributed by atoms with Crippen molar-refractivity contribution in [1.29, 1.82) is 0 Å². The van der Waals surface area contributed by atoms with Gasteiger partial charge in [-0.15, -0.1) is 5.11 Å². The van der Waals surface area contributed by atoms with Crippen LogP contribution in [0, 0.1) is 4.77 Å². The van der Waals surface area contributed by atoms with Crippen molar-refractivity contribution in [3.63, 3.8) is 0 Å². The van der Waals surface area contributed by atoms with Crippen molar-refractivity contribution in [3.05, 3.63) is 94.0 Å². The number of aromatic hydroxyl groups is 1. The molecule has 4 aromatic rings. The Labute approximate surface area is 201 Å². The molecule has 1 N–H and O–H groups in total. The first-order chi connectivity index (χ1) is 16.5. The molecule has 9 heteroatoms. The quantitative estimate of drug-likeness (QED) is 0.267. The molecule has 8 nitrogen and oxygen atoms in total. The van der Waals surface area contributed by atoms with E-state index in [0.29, 0.717) is 35.2 Å². The molecule has 34 heavy (non-hydrogen) atoms. The summed E-state index contributed by atoms with van der Waals surface area (Å²) >= 11 is 5.64. The van der Waals surface area contributed by atoms with Crippen LogP contribution in [-0.4, -0.2) is 28.0 Å². The summed E-state index contributed by atoms with van der Waals surface area (Å²) in [4.78, 5) is 13.4. The third-order valence-corrected chi connectivity index (χ3v) is 5.33. The van der Waals surface area contributed by atoms with Gasteiger partial charge in [0.25, 0.3) is 5.56 Å². The fourth-order valence-corrected chi connectivity index (χ4v) is 3.77. The number of hydrogen-bond donors (Lipinski definition) is 1. The SMILES string of the molecule is CCOc1ccc(N=Nc2c(O)n(-c3ccccc3OC)c(=S)n(-c3ccccc3)c2=O)cc1.